The summed E-state index contributed by atoms with van der Waals surface area (Å²) in [6.07, 6.45) is 0. The van der Waals surface area contributed by atoms with E-state index in [1.165, 1.54) is 0 Å². The van der Waals surface area contributed by atoms with Crippen molar-refractivity contribution in [1.29, 1.82) is 0 Å². The van der Waals surface area contributed by atoms with Gasteiger partial charge >= 0.3 is 5.97 Å². The maximum Gasteiger partial charge on any atom is 0.338 e. The van der Waals surface area contributed by atoms with Crippen molar-refractivity contribution in [2.24, 2.45) is 0 Å². The first kappa shape index (κ1) is 15.5. The largest absolute Gasteiger partial charge is 0.452 e. The van der Waals surface area contributed by atoms with Gasteiger partial charge in [0.05, 0.1) is 5.56 Å². The number of hydrogen-bond acceptors (Lipinski definition) is 3. The van der Waals surface area contributed by atoms with Crippen LogP contribution in [0, 0.1) is 0 Å². The molecular formula is C15H11BrClNO3. The summed E-state index contributed by atoms with van der Waals surface area (Å²) in [5.41, 5.74) is 0.922. The van der Waals surface area contributed by atoms with Crippen LogP contribution < -0.4 is 5.32 Å². The summed E-state index contributed by atoms with van der Waals surface area (Å²) < 4.78 is 5.71. The molecule has 108 valence electrons. The minimum atomic E-state index is -0.558. The van der Waals surface area contributed by atoms with Gasteiger partial charge in [-0.05, 0) is 36.4 Å². The Morgan fingerprint density at radius 1 is 1.14 bits per heavy atom. The maximum absolute atomic E-state index is 11.8. The van der Waals surface area contributed by atoms with Gasteiger partial charge in [-0.1, -0.05) is 39.7 Å². The Labute approximate surface area is 135 Å². The number of halogens is 2. The molecule has 0 unspecified atom stereocenters. The fourth-order valence-electron chi connectivity index (χ4n) is 1.59. The van der Waals surface area contributed by atoms with Gasteiger partial charge in [-0.2, -0.15) is 0 Å². The number of ether oxygens (including phenoxy) is 1. The van der Waals surface area contributed by atoms with Crippen molar-refractivity contribution < 1.29 is 14.3 Å². The molecule has 2 aromatic rings. The lowest BCUT2D eigenvalue weighted by molar-refractivity contribution is -0.119. The van der Waals surface area contributed by atoms with Crippen molar-refractivity contribution in [2.45, 2.75) is 0 Å². The molecule has 0 radical (unpaired) electrons. The average Bonchev–Trinajstić information content (AvgIpc) is 2.45. The van der Waals surface area contributed by atoms with Gasteiger partial charge in [-0.3, -0.25) is 4.79 Å². The summed E-state index contributed by atoms with van der Waals surface area (Å²) in [4.78, 5) is 23.4. The molecule has 0 aliphatic heterocycles. The molecule has 2 rings (SSSR count). The Bertz CT molecular complexity index is 675. The Morgan fingerprint density at radius 3 is 2.62 bits per heavy atom. The first-order chi connectivity index (χ1) is 10.0. The van der Waals surface area contributed by atoms with Gasteiger partial charge in [0.15, 0.2) is 6.61 Å². The van der Waals surface area contributed by atoms with Crippen molar-refractivity contribution in [3.63, 3.8) is 0 Å². The lowest BCUT2D eigenvalue weighted by atomic mass is 10.2. The molecule has 0 spiro atoms. The number of nitrogens with one attached hydrogen (secondary N) is 1. The molecule has 0 aliphatic carbocycles. The van der Waals surface area contributed by atoms with E-state index in [1.54, 1.807) is 48.5 Å². The third-order valence-electron chi connectivity index (χ3n) is 2.50. The van der Waals surface area contributed by atoms with Gasteiger partial charge in [0.25, 0.3) is 5.91 Å². The molecule has 0 aromatic heterocycles. The molecule has 2 aromatic carbocycles. The van der Waals surface area contributed by atoms with E-state index < -0.39 is 11.9 Å². The molecule has 21 heavy (non-hydrogen) atoms. The first-order valence-electron chi connectivity index (χ1n) is 6.03. The van der Waals surface area contributed by atoms with Crippen molar-refractivity contribution in [3.8, 4) is 0 Å². The zero-order valence-corrected chi connectivity index (χ0v) is 13.1. The fourth-order valence-corrected chi connectivity index (χ4v) is 2.18. The van der Waals surface area contributed by atoms with Crippen LogP contribution in [0.15, 0.2) is 53.0 Å². The third-order valence-corrected chi connectivity index (χ3v) is 3.23. The van der Waals surface area contributed by atoms with Gasteiger partial charge in [0.1, 0.15) is 0 Å². The van der Waals surface area contributed by atoms with Crippen molar-refractivity contribution in [2.75, 3.05) is 11.9 Å². The number of esters is 1. The van der Waals surface area contributed by atoms with Crippen LogP contribution in [0.25, 0.3) is 0 Å². The van der Waals surface area contributed by atoms with Gasteiger partial charge in [0, 0.05) is 15.2 Å². The molecule has 1 N–H and O–H groups in total. The van der Waals surface area contributed by atoms with Crippen LogP contribution in [0.4, 0.5) is 5.69 Å². The number of rotatable bonds is 4. The number of anilines is 1. The van der Waals surface area contributed by atoms with E-state index in [9.17, 15) is 9.59 Å². The predicted molar refractivity (Wildman–Crippen MR) is 84.5 cm³/mol. The highest BCUT2D eigenvalue weighted by Gasteiger charge is 2.10. The molecule has 0 saturated heterocycles. The minimum Gasteiger partial charge on any atom is -0.452 e. The third kappa shape index (κ3) is 4.88. The maximum atomic E-state index is 11.8. The number of carbonyl (C=O) groups is 2. The smallest absolute Gasteiger partial charge is 0.338 e. The predicted octanol–water partition coefficient (Wildman–Crippen LogP) is 3.90. The number of hydrogen-bond donors (Lipinski definition) is 1. The van der Waals surface area contributed by atoms with Gasteiger partial charge in [-0.25, -0.2) is 4.79 Å². The van der Waals surface area contributed by atoms with Gasteiger partial charge in [-0.15, -0.1) is 0 Å². The molecule has 0 aliphatic rings. The number of amides is 1. The van der Waals surface area contributed by atoms with Crippen LogP contribution in [0.2, 0.25) is 5.02 Å². The molecule has 0 fully saturated rings. The second kappa shape index (κ2) is 7.24. The highest BCUT2D eigenvalue weighted by Crippen LogP contribution is 2.15. The van der Waals surface area contributed by atoms with E-state index in [1.807, 2.05) is 0 Å². The summed E-state index contributed by atoms with van der Waals surface area (Å²) in [7, 11) is 0. The number of carbonyl (C=O) groups excluding carboxylic acids is 2. The van der Waals surface area contributed by atoms with Crippen LogP contribution in [-0.4, -0.2) is 18.5 Å². The quantitative estimate of drug-likeness (QED) is 0.833. The van der Waals surface area contributed by atoms with E-state index in [0.717, 1.165) is 4.47 Å². The molecule has 4 nitrogen and oxygen atoms in total. The van der Waals surface area contributed by atoms with Crippen molar-refractivity contribution in [1.82, 2.24) is 0 Å². The summed E-state index contributed by atoms with van der Waals surface area (Å²) in [6.45, 7) is -0.363. The van der Waals surface area contributed by atoms with Gasteiger partial charge < -0.3 is 10.1 Å². The van der Waals surface area contributed by atoms with E-state index in [4.69, 9.17) is 16.3 Å². The Morgan fingerprint density at radius 2 is 1.90 bits per heavy atom. The average molecular weight is 369 g/mol. The van der Waals surface area contributed by atoms with Crippen LogP contribution >= 0.6 is 27.5 Å². The standard InChI is InChI=1S/C15H11BrClNO3/c16-11-4-1-3-10(7-11)15(20)21-9-14(19)18-13-6-2-5-12(17)8-13/h1-8H,9H2,(H,18,19). The summed E-state index contributed by atoms with van der Waals surface area (Å²) >= 11 is 9.07. The van der Waals surface area contributed by atoms with E-state index in [-0.39, 0.29) is 6.61 Å². The van der Waals surface area contributed by atoms with Crippen molar-refractivity contribution in [3.05, 3.63) is 63.6 Å². The summed E-state index contributed by atoms with van der Waals surface area (Å²) in [6, 6.07) is 13.5. The Hall–Kier alpha value is -1.85. The zero-order valence-electron chi connectivity index (χ0n) is 10.8. The molecule has 0 saturated carbocycles. The normalized spacial score (nSPS) is 10.0. The molecule has 6 heteroatoms. The van der Waals surface area contributed by atoms with E-state index >= 15 is 0 Å². The Balaban J connectivity index is 1.88. The summed E-state index contributed by atoms with van der Waals surface area (Å²) in [5, 5.41) is 3.10. The fraction of sp³-hybridized carbons (Fsp3) is 0.0667. The highest BCUT2D eigenvalue weighted by molar-refractivity contribution is 9.10. The second-order valence-corrected chi connectivity index (χ2v) is 5.50. The lowest BCUT2D eigenvalue weighted by Crippen LogP contribution is -2.20. The summed E-state index contributed by atoms with van der Waals surface area (Å²) in [5.74, 6) is -0.988. The molecular weight excluding hydrogens is 358 g/mol. The minimum absolute atomic E-state index is 0.363. The topological polar surface area (TPSA) is 55.4 Å². The first-order valence-corrected chi connectivity index (χ1v) is 7.20. The van der Waals surface area contributed by atoms with Crippen LogP contribution in [0.3, 0.4) is 0 Å². The van der Waals surface area contributed by atoms with E-state index in [0.29, 0.717) is 16.3 Å². The molecule has 0 bridgehead atoms. The molecule has 0 atom stereocenters. The van der Waals surface area contributed by atoms with Crippen LogP contribution in [0.5, 0.6) is 0 Å². The zero-order chi connectivity index (χ0) is 15.2. The van der Waals surface area contributed by atoms with Gasteiger partial charge in [0.2, 0.25) is 0 Å². The van der Waals surface area contributed by atoms with Crippen LogP contribution in [0.1, 0.15) is 10.4 Å². The highest BCUT2D eigenvalue weighted by atomic mass is 79.9. The SMILES string of the molecule is O=C(COC(=O)c1cccc(Br)c1)Nc1cccc(Cl)c1. The van der Waals surface area contributed by atoms with Crippen LogP contribution in [-0.2, 0) is 9.53 Å². The lowest BCUT2D eigenvalue weighted by Gasteiger charge is -2.07. The van der Waals surface area contributed by atoms with Crippen molar-refractivity contribution >= 4 is 45.1 Å². The number of benzene rings is 2. The second-order valence-electron chi connectivity index (χ2n) is 4.15. The monoisotopic (exact) mass is 367 g/mol. The molecule has 1 amide bonds. The Kier molecular flexibility index (Phi) is 5.36. The molecule has 0 heterocycles. The van der Waals surface area contributed by atoms with E-state index in [2.05, 4.69) is 21.2 Å².